The number of amides is 1. The molecule has 1 unspecified atom stereocenters. The lowest BCUT2D eigenvalue weighted by molar-refractivity contribution is -0.128. The Labute approximate surface area is 132 Å². The average Bonchev–Trinajstić information content (AvgIpc) is 2.37. The molecule has 1 heterocycles. The van der Waals surface area contributed by atoms with Gasteiger partial charge in [-0.1, -0.05) is 26.0 Å². The zero-order valence-electron chi connectivity index (χ0n) is 13.5. The van der Waals surface area contributed by atoms with Crippen LogP contribution in [0.15, 0.2) is 24.3 Å². The molecule has 1 aromatic rings. The van der Waals surface area contributed by atoms with Crippen LogP contribution in [0.2, 0.25) is 0 Å². The van der Waals surface area contributed by atoms with Crippen LogP contribution in [0.25, 0.3) is 0 Å². The van der Waals surface area contributed by atoms with E-state index in [1.165, 1.54) is 23.5 Å². The summed E-state index contributed by atoms with van der Waals surface area (Å²) in [6.45, 7) is 6.94. The first-order chi connectivity index (χ1) is 9.85. The molecule has 3 nitrogen and oxygen atoms in total. The molecule has 0 bridgehead atoms. The quantitative estimate of drug-likeness (QED) is 0.922. The average molecular weight is 306 g/mol. The summed E-state index contributed by atoms with van der Waals surface area (Å²) in [5, 5.41) is 3.66. The predicted molar refractivity (Wildman–Crippen MR) is 91.7 cm³/mol. The third-order valence-electron chi connectivity index (χ3n) is 3.87. The van der Waals surface area contributed by atoms with Crippen LogP contribution >= 0.6 is 11.8 Å². The maximum absolute atomic E-state index is 11.3. The van der Waals surface area contributed by atoms with Crippen molar-refractivity contribution >= 4 is 23.4 Å². The van der Waals surface area contributed by atoms with E-state index in [9.17, 15) is 4.79 Å². The summed E-state index contributed by atoms with van der Waals surface area (Å²) in [5.74, 6) is 2.51. The van der Waals surface area contributed by atoms with Crippen molar-refractivity contribution in [3.63, 3.8) is 0 Å². The van der Waals surface area contributed by atoms with Gasteiger partial charge in [-0.05, 0) is 35.3 Å². The van der Waals surface area contributed by atoms with Crippen LogP contribution in [-0.4, -0.2) is 35.4 Å². The molecular weight excluding hydrogens is 280 g/mol. The maximum Gasteiger partial charge on any atom is 0.219 e. The predicted octanol–water partition coefficient (Wildman–Crippen LogP) is 3.61. The van der Waals surface area contributed by atoms with Crippen molar-refractivity contribution in [3.8, 4) is 0 Å². The maximum atomic E-state index is 11.3. The van der Waals surface area contributed by atoms with E-state index in [4.69, 9.17) is 0 Å². The Morgan fingerprint density at radius 1 is 1.48 bits per heavy atom. The van der Waals surface area contributed by atoms with Crippen molar-refractivity contribution < 1.29 is 4.79 Å². The topological polar surface area (TPSA) is 32.3 Å². The summed E-state index contributed by atoms with van der Waals surface area (Å²) in [6.07, 6.45) is 1.21. The molecule has 0 saturated carbocycles. The third-order valence-corrected chi connectivity index (χ3v) is 5.49. The van der Waals surface area contributed by atoms with E-state index in [0.717, 1.165) is 5.69 Å². The highest BCUT2D eigenvalue weighted by Gasteiger charge is 2.28. The van der Waals surface area contributed by atoms with Gasteiger partial charge in [-0.3, -0.25) is 4.79 Å². The van der Waals surface area contributed by atoms with Gasteiger partial charge in [0.25, 0.3) is 0 Å². The Hall–Kier alpha value is -1.16. The van der Waals surface area contributed by atoms with Crippen molar-refractivity contribution in [3.05, 3.63) is 29.8 Å². The number of nitrogens with zero attached hydrogens (tertiary/aromatic N) is 1. The van der Waals surface area contributed by atoms with Gasteiger partial charge in [0.15, 0.2) is 0 Å². The molecule has 4 heteroatoms. The lowest BCUT2D eigenvalue weighted by Crippen LogP contribution is -2.35. The van der Waals surface area contributed by atoms with Gasteiger partial charge in [-0.25, -0.2) is 0 Å². The fourth-order valence-corrected chi connectivity index (χ4v) is 4.01. The summed E-state index contributed by atoms with van der Waals surface area (Å²) >= 11 is 2.03. The number of anilines is 1. The Balaban J connectivity index is 1.99. The zero-order valence-corrected chi connectivity index (χ0v) is 14.3. The highest BCUT2D eigenvalue weighted by atomic mass is 32.2. The monoisotopic (exact) mass is 306 g/mol. The number of rotatable bonds is 4. The second-order valence-corrected chi connectivity index (χ2v) is 7.83. The van der Waals surface area contributed by atoms with E-state index in [1.807, 2.05) is 18.8 Å². The fourth-order valence-electron chi connectivity index (χ4n) is 2.74. The van der Waals surface area contributed by atoms with Crippen molar-refractivity contribution in [2.45, 2.75) is 39.8 Å². The second kappa shape index (κ2) is 6.73. The van der Waals surface area contributed by atoms with E-state index in [1.54, 1.807) is 11.8 Å². The minimum Gasteiger partial charge on any atom is -0.381 e. The molecule has 116 valence electrons. The number of hydrogen-bond donors (Lipinski definition) is 1. The zero-order chi connectivity index (χ0) is 15.5. The smallest absolute Gasteiger partial charge is 0.219 e. The molecule has 1 amide bonds. The highest BCUT2D eigenvalue weighted by Crippen LogP contribution is 2.34. The molecule has 1 aromatic carbocycles. The minimum atomic E-state index is 0.0961. The first kappa shape index (κ1) is 16.2. The molecule has 1 N–H and O–H groups in total. The SMILES string of the molecule is CC(=O)N(C)Cc1cccc(NC2CSCC(C)(C)C2)c1. The van der Waals surface area contributed by atoms with E-state index in [0.29, 0.717) is 18.0 Å². The summed E-state index contributed by atoms with van der Waals surface area (Å²) in [7, 11) is 1.84. The molecule has 1 fully saturated rings. The van der Waals surface area contributed by atoms with Crippen molar-refractivity contribution in [1.82, 2.24) is 4.90 Å². The Morgan fingerprint density at radius 3 is 2.90 bits per heavy atom. The molecule has 0 radical (unpaired) electrons. The summed E-state index contributed by atoms with van der Waals surface area (Å²) < 4.78 is 0. The molecule has 1 saturated heterocycles. The first-order valence-corrected chi connectivity index (χ1v) is 8.66. The van der Waals surface area contributed by atoms with Gasteiger partial charge in [0.2, 0.25) is 5.91 Å². The van der Waals surface area contributed by atoms with Crippen molar-refractivity contribution in [2.24, 2.45) is 5.41 Å². The standard InChI is InChI=1S/C17H26N2OS/c1-13(20)19(4)10-14-6-5-7-15(8-14)18-16-9-17(2,3)12-21-11-16/h5-8,16,18H,9-12H2,1-4H3. The van der Waals surface area contributed by atoms with Gasteiger partial charge in [0.05, 0.1) is 0 Å². The Bertz CT molecular complexity index is 501. The number of carbonyl (C=O) groups is 1. The van der Waals surface area contributed by atoms with Crippen LogP contribution in [0, 0.1) is 5.41 Å². The van der Waals surface area contributed by atoms with E-state index in [2.05, 4.69) is 43.4 Å². The van der Waals surface area contributed by atoms with Crippen molar-refractivity contribution in [1.29, 1.82) is 0 Å². The summed E-state index contributed by atoms with van der Waals surface area (Å²) in [5.41, 5.74) is 2.74. The first-order valence-electron chi connectivity index (χ1n) is 7.51. The molecule has 1 aliphatic heterocycles. The van der Waals surface area contributed by atoms with E-state index >= 15 is 0 Å². The molecule has 1 aliphatic rings. The number of nitrogens with one attached hydrogen (secondary N) is 1. The van der Waals surface area contributed by atoms with E-state index < -0.39 is 0 Å². The lowest BCUT2D eigenvalue weighted by Gasteiger charge is -2.35. The summed E-state index contributed by atoms with van der Waals surface area (Å²) in [4.78, 5) is 13.1. The number of carbonyl (C=O) groups excluding carboxylic acids is 1. The number of thioether (sulfide) groups is 1. The van der Waals surface area contributed by atoms with E-state index in [-0.39, 0.29) is 5.91 Å². The molecule has 0 aliphatic carbocycles. The van der Waals surface area contributed by atoms with Crippen LogP contribution in [-0.2, 0) is 11.3 Å². The highest BCUT2D eigenvalue weighted by molar-refractivity contribution is 7.99. The normalized spacial score (nSPS) is 20.9. The fraction of sp³-hybridized carbons (Fsp3) is 0.588. The minimum absolute atomic E-state index is 0.0961. The molecule has 1 atom stereocenters. The Morgan fingerprint density at radius 2 is 2.24 bits per heavy atom. The molecular formula is C17H26N2OS. The van der Waals surface area contributed by atoms with Gasteiger partial charge >= 0.3 is 0 Å². The van der Waals surface area contributed by atoms with Crippen LogP contribution in [0.3, 0.4) is 0 Å². The van der Waals surface area contributed by atoms with Gasteiger partial charge in [-0.15, -0.1) is 0 Å². The molecule has 21 heavy (non-hydrogen) atoms. The second-order valence-electron chi connectivity index (χ2n) is 6.80. The molecule has 0 spiro atoms. The van der Waals surface area contributed by atoms with Gasteiger partial charge in [0, 0.05) is 38.0 Å². The Kier molecular flexibility index (Phi) is 5.20. The molecule has 0 aromatic heterocycles. The van der Waals surface area contributed by atoms with Crippen LogP contribution in [0.4, 0.5) is 5.69 Å². The summed E-state index contributed by atoms with van der Waals surface area (Å²) in [6, 6.07) is 8.94. The van der Waals surface area contributed by atoms with Crippen LogP contribution in [0.5, 0.6) is 0 Å². The largest absolute Gasteiger partial charge is 0.381 e. The molecule has 2 rings (SSSR count). The van der Waals surface area contributed by atoms with Gasteiger partial charge in [0.1, 0.15) is 0 Å². The van der Waals surface area contributed by atoms with Gasteiger partial charge < -0.3 is 10.2 Å². The third kappa shape index (κ3) is 4.95. The van der Waals surface area contributed by atoms with Gasteiger partial charge in [-0.2, -0.15) is 11.8 Å². The number of benzene rings is 1. The number of hydrogen-bond acceptors (Lipinski definition) is 3. The van der Waals surface area contributed by atoms with Crippen molar-refractivity contribution in [2.75, 3.05) is 23.9 Å². The lowest BCUT2D eigenvalue weighted by atomic mass is 9.88. The van der Waals surface area contributed by atoms with Crippen LogP contribution < -0.4 is 5.32 Å². The van der Waals surface area contributed by atoms with Crippen LogP contribution in [0.1, 0.15) is 32.8 Å².